The molecule has 0 spiro atoms. The molecule has 3 aromatic rings. The zero-order chi connectivity index (χ0) is 18.3. The number of aromatic nitrogens is 5. The van der Waals surface area contributed by atoms with Gasteiger partial charge in [0.25, 0.3) is 5.56 Å². The van der Waals surface area contributed by atoms with Crippen molar-refractivity contribution in [2.24, 2.45) is 12.8 Å². The van der Waals surface area contributed by atoms with Gasteiger partial charge in [0.2, 0.25) is 11.7 Å². The summed E-state index contributed by atoms with van der Waals surface area (Å²) >= 11 is 0. The molecule has 0 radical (unpaired) electrons. The number of rotatable bonds is 6. The molecule has 0 bridgehead atoms. The molecule has 0 aromatic carbocycles. The second kappa shape index (κ2) is 6.20. The van der Waals surface area contributed by atoms with Gasteiger partial charge >= 0.3 is 5.69 Å². The van der Waals surface area contributed by atoms with Crippen LogP contribution in [0.15, 0.2) is 15.8 Å². The monoisotopic (exact) mass is 348 g/mol. The SMILES string of the molecule is COCCCn1c(C)cn2c3c(=O)n(CC(N)=O)c(=O)n(C)c3nc12. The van der Waals surface area contributed by atoms with E-state index in [1.807, 2.05) is 11.5 Å². The van der Waals surface area contributed by atoms with Gasteiger partial charge < -0.3 is 15.0 Å². The van der Waals surface area contributed by atoms with Gasteiger partial charge in [0, 0.05) is 39.2 Å². The average molecular weight is 348 g/mol. The van der Waals surface area contributed by atoms with Gasteiger partial charge in [0.1, 0.15) is 6.54 Å². The van der Waals surface area contributed by atoms with E-state index in [-0.39, 0.29) is 11.2 Å². The molecule has 0 aliphatic heterocycles. The van der Waals surface area contributed by atoms with Gasteiger partial charge in [-0.3, -0.25) is 18.6 Å². The van der Waals surface area contributed by atoms with Crippen molar-refractivity contribution in [2.45, 2.75) is 26.4 Å². The van der Waals surface area contributed by atoms with Crippen LogP contribution < -0.4 is 17.0 Å². The normalized spacial score (nSPS) is 11.6. The van der Waals surface area contributed by atoms with Crippen molar-refractivity contribution >= 4 is 22.8 Å². The predicted octanol–water partition coefficient (Wildman–Crippen LogP) is -1.02. The number of aryl methyl sites for hydroxylation is 3. The molecular formula is C15H20N6O4. The number of fused-ring (bicyclic) bond motifs is 3. The number of nitrogens with two attached hydrogens (primary N) is 1. The highest BCUT2D eigenvalue weighted by Gasteiger charge is 2.20. The zero-order valence-corrected chi connectivity index (χ0v) is 14.4. The lowest BCUT2D eigenvalue weighted by molar-refractivity contribution is -0.118. The minimum atomic E-state index is -0.757. The minimum absolute atomic E-state index is 0.243. The van der Waals surface area contributed by atoms with Gasteiger partial charge in [-0.05, 0) is 13.3 Å². The van der Waals surface area contributed by atoms with Gasteiger partial charge in [-0.1, -0.05) is 0 Å². The molecule has 3 heterocycles. The Morgan fingerprint density at radius 3 is 2.68 bits per heavy atom. The van der Waals surface area contributed by atoms with Gasteiger partial charge in [-0.25, -0.2) is 9.36 Å². The summed E-state index contributed by atoms with van der Waals surface area (Å²) in [7, 11) is 3.15. The molecule has 10 nitrogen and oxygen atoms in total. The Kier molecular flexibility index (Phi) is 4.21. The largest absolute Gasteiger partial charge is 0.385 e. The fourth-order valence-electron chi connectivity index (χ4n) is 2.99. The van der Waals surface area contributed by atoms with E-state index in [4.69, 9.17) is 10.5 Å². The van der Waals surface area contributed by atoms with Crippen LogP contribution in [-0.4, -0.2) is 42.7 Å². The van der Waals surface area contributed by atoms with Crippen LogP contribution in [0.25, 0.3) is 16.9 Å². The second-order valence-corrected chi connectivity index (χ2v) is 5.92. The molecule has 0 aliphatic carbocycles. The maximum Gasteiger partial charge on any atom is 0.332 e. The topological polar surface area (TPSA) is 119 Å². The molecule has 1 amide bonds. The molecule has 0 aliphatic rings. The molecule has 25 heavy (non-hydrogen) atoms. The van der Waals surface area contributed by atoms with Crippen molar-refractivity contribution in [3.63, 3.8) is 0 Å². The lowest BCUT2D eigenvalue weighted by Crippen LogP contribution is -2.42. The van der Waals surface area contributed by atoms with Crippen molar-refractivity contribution in [1.29, 1.82) is 0 Å². The number of methoxy groups -OCH3 is 1. The lowest BCUT2D eigenvalue weighted by atomic mass is 10.4. The first-order valence-corrected chi connectivity index (χ1v) is 7.81. The first kappa shape index (κ1) is 17.0. The summed E-state index contributed by atoms with van der Waals surface area (Å²) in [5, 5.41) is 0. The van der Waals surface area contributed by atoms with Gasteiger partial charge in [-0.15, -0.1) is 0 Å². The van der Waals surface area contributed by atoms with Crippen molar-refractivity contribution in [3.8, 4) is 0 Å². The number of amides is 1. The molecule has 0 saturated carbocycles. The molecule has 3 aromatic heterocycles. The summed E-state index contributed by atoms with van der Waals surface area (Å²) in [6.07, 6.45) is 2.58. The van der Waals surface area contributed by atoms with E-state index in [1.54, 1.807) is 17.7 Å². The maximum atomic E-state index is 12.7. The van der Waals surface area contributed by atoms with E-state index in [1.165, 1.54) is 11.6 Å². The first-order valence-electron chi connectivity index (χ1n) is 7.81. The summed E-state index contributed by atoms with van der Waals surface area (Å²) < 4.78 is 10.8. The standard InChI is InChI=1S/C15H20N6O4/c1-9-7-20-11-12(17-14(20)19(9)5-4-6-25-3)18(2)15(24)21(13(11)23)8-10(16)22/h7H,4-6,8H2,1-3H3,(H2,16,22). The number of carbonyl (C=O) groups excluding carboxylic acids is 1. The highest BCUT2D eigenvalue weighted by Crippen LogP contribution is 2.16. The molecular weight excluding hydrogens is 328 g/mol. The molecule has 0 saturated heterocycles. The Morgan fingerprint density at radius 2 is 2.04 bits per heavy atom. The smallest absolute Gasteiger partial charge is 0.332 e. The van der Waals surface area contributed by atoms with E-state index in [0.29, 0.717) is 18.9 Å². The van der Waals surface area contributed by atoms with Gasteiger partial charge in [-0.2, -0.15) is 4.98 Å². The average Bonchev–Trinajstić information content (AvgIpc) is 3.06. The third kappa shape index (κ3) is 2.64. The fraction of sp³-hybridized carbons (Fsp3) is 0.467. The summed E-state index contributed by atoms with van der Waals surface area (Å²) in [6, 6.07) is 0. The summed E-state index contributed by atoms with van der Waals surface area (Å²) in [5.41, 5.74) is 5.38. The molecule has 0 unspecified atom stereocenters. The number of primary amides is 1. The molecule has 10 heteroatoms. The Bertz CT molecular complexity index is 1080. The Balaban J connectivity index is 2.30. The Labute approximate surface area is 142 Å². The van der Waals surface area contributed by atoms with Crippen LogP contribution in [-0.2, 0) is 29.7 Å². The highest BCUT2D eigenvalue weighted by atomic mass is 16.5. The van der Waals surface area contributed by atoms with Crippen molar-refractivity contribution in [1.82, 2.24) is 23.1 Å². The number of imidazole rings is 2. The number of carbonyl (C=O) groups is 1. The molecule has 3 rings (SSSR count). The van der Waals surface area contributed by atoms with Crippen LogP contribution in [0.4, 0.5) is 0 Å². The Morgan fingerprint density at radius 1 is 1.32 bits per heavy atom. The number of nitrogens with zero attached hydrogens (tertiary/aromatic N) is 5. The van der Waals surface area contributed by atoms with Crippen LogP contribution in [0, 0.1) is 6.92 Å². The fourth-order valence-corrected chi connectivity index (χ4v) is 2.99. The number of hydrogen-bond donors (Lipinski definition) is 1. The van der Waals surface area contributed by atoms with E-state index < -0.39 is 23.7 Å². The maximum absolute atomic E-state index is 12.7. The molecule has 0 atom stereocenters. The van der Waals surface area contributed by atoms with Crippen molar-refractivity contribution < 1.29 is 9.53 Å². The van der Waals surface area contributed by atoms with Crippen LogP contribution in [0.3, 0.4) is 0 Å². The summed E-state index contributed by atoms with van der Waals surface area (Å²) in [6.45, 7) is 2.72. The van der Waals surface area contributed by atoms with Crippen molar-refractivity contribution in [3.05, 3.63) is 32.7 Å². The number of ether oxygens (including phenoxy) is 1. The third-order valence-corrected chi connectivity index (χ3v) is 4.18. The minimum Gasteiger partial charge on any atom is -0.385 e. The van der Waals surface area contributed by atoms with Gasteiger partial charge in [0.15, 0.2) is 11.2 Å². The van der Waals surface area contributed by atoms with Crippen LogP contribution in [0.1, 0.15) is 12.1 Å². The van der Waals surface area contributed by atoms with E-state index in [9.17, 15) is 14.4 Å². The predicted molar refractivity (Wildman–Crippen MR) is 90.6 cm³/mol. The summed E-state index contributed by atoms with van der Waals surface area (Å²) in [5.74, 6) is -0.194. The second-order valence-electron chi connectivity index (χ2n) is 5.92. The Hall–Kier alpha value is -2.88. The zero-order valence-electron chi connectivity index (χ0n) is 14.4. The first-order chi connectivity index (χ1) is 11.9. The molecule has 0 fully saturated rings. The van der Waals surface area contributed by atoms with E-state index >= 15 is 0 Å². The van der Waals surface area contributed by atoms with E-state index in [0.717, 1.165) is 16.7 Å². The third-order valence-electron chi connectivity index (χ3n) is 4.18. The van der Waals surface area contributed by atoms with E-state index in [2.05, 4.69) is 4.98 Å². The lowest BCUT2D eigenvalue weighted by Gasteiger charge is -2.06. The highest BCUT2D eigenvalue weighted by molar-refractivity contribution is 5.77. The summed E-state index contributed by atoms with van der Waals surface area (Å²) in [4.78, 5) is 40.8. The van der Waals surface area contributed by atoms with Crippen LogP contribution >= 0.6 is 0 Å². The van der Waals surface area contributed by atoms with Crippen molar-refractivity contribution in [2.75, 3.05) is 13.7 Å². The van der Waals surface area contributed by atoms with Crippen LogP contribution in [0.2, 0.25) is 0 Å². The number of hydrogen-bond acceptors (Lipinski definition) is 5. The van der Waals surface area contributed by atoms with Crippen LogP contribution in [0.5, 0.6) is 0 Å². The molecule has 2 N–H and O–H groups in total. The quantitative estimate of drug-likeness (QED) is 0.572. The molecule has 134 valence electrons. The van der Waals surface area contributed by atoms with Gasteiger partial charge in [0.05, 0.1) is 0 Å².